The van der Waals surface area contributed by atoms with Gasteiger partial charge < -0.3 is 10.1 Å². The Morgan fingerprint density at radius 1 is 1.45 bits per heavy atom. The van der Waals surface area contributed by atoms with Crippen LogP contribution in [0.5, 0.6) is 0 Å². The summed E-state index contributed by atoms with van der Waals surface area (Å²) in [6.45, 7) is 3.10. The molecule has 0 unspecified atom stereocenters. The van der Waals surface area contributed by atoms with Gasteiger partial charge in [-0.25, -0.2) is 0 Å². The fourth-order valence-electron chi connectivity index (χ4n) is 2.08. The summed E-state index contributed by atoms with van der Waals surface area (Å²) in [6, 6.07) is 2.15. The Morgan fingerprint density at radius 3 is 2.85 bits per heavy atom. The molecule has 2 rings (SSSR count). The van der Waals surface area contributed by atoms with E-state index >= 15 is 0 Å². The lowest BCUT2D eigenvalue weighted by Gasteiger charge is -2.07. The van der Waals surface area contributed by atoms with Crippen LogP contribution in [0.2, 0.25) is 0 Å². The summed E-state index contributed by atoms with van der Waals surface area (Å²) in [5, 5.41) is 12.4. The number of aryl methyl sites for hydroxylation is 1. The van der Waals surface area contributed by atoms with Crippen LogP contribution in [0.15, 0.2) is 0 Å². The van der Waals surface area contributed by atoms with E-state index in [0.29, 0.717) is 10.6 Å². The summed E-state index contributed by atoms with van der Waals surface area (Å²) >= 11 is 1.45. The number of nitriles is 1. The number of amides is 1. The molecule has 0 fully saturated rings. The first-order chi connectivity index (χ1) is 9.52. The molecule has 1 aromatic rings. The number of fused-ring (bicyclic) bond motifs is 1. The first-order valence-electron chi connectivity index (χ1n) is 6.54. The summed E-state index contributed by atoms with van der Waals surface area (Å²) in [5.74, 6) is -1.08. The number of esters is 1. The minimum absolute atomic E-state index is 0.261. The highest BCUT2D eigenvalue weighted by molar-refractivity contribution is 7.16. The molecule has 0 saturated heterocycles. The number of hydrogen-bond acceptors (Lipinski definition) is 5. The molecular formula is C14H16N2O3S. The lowest BCUT2D eigenvalue weighted by molar-refractivity contribution is -0.150. The average molecular weight is 292 g/mol. The number of carbonyl (C=O) groups excluding carboxylic acids is 2. The summed E-state index contributed by atoms with van der Waals surface area (Å²) in [7, 11) is 0. The first kappa shape index (κ1) is 14.5. The molecule has 0 aromatic carbocycles. The van der Waals surface area contributed by atoms with Crippen molar-refractivity contribution in [1.29, 1.82) is 5.26 Å². The molecule has 1 amide bonds. The van der Waals surface area contributed by atoms with E-state index in [1.807, 2.05) is 0 Å². The molecule has 0 saturated carbocycles. The van der Waals surface area contributed by atoms with E-state index in [1.165, 1.54) is 16.2 Å². The molecule has 1 aromatic heterocycles. The van der Waals surface area contributed by atoms with Gasteiger partial charge in [0.05, 0.1) is 11.5 Å². The Balaban J connectivity index is 1.99. The second-order valence-electron chi connectivity index (χ2n) is 4.98. The zero-order chi connectivity index (χ0) is 14.7. The number of nitrogens with one attached hydrogen (secondary N) is 1. The van der Waals surface area contributed by atoms with E-state index in [2.05, 4.69) is 11.4 Å². The summed E-state index contributed by atoms with van der Waals surface area (Å²) in [6.07, 6.45) is 2.93. The number of ether oxygens (including phenoxy) is 1. The van der Waals surface area contributed by atoms with Crippen LogP contribution in [-0.4, -0.2) is 18.5 Å². The zero-order valence-electron chi connectivity index (χ0n) is 11.5. The number of hydrogen-bond donors (Lipinski definition) is 1. The number of carbonyl (C=O) groups is 2. The lowest BCUT2D eigenvalue weighted by atomic mass is 10.1. The highest BCUT2D eigenvalue weighted by Crippen LogP contribution is 2.38. The molecule has 0 radical (unpaired) electrons. The van der Waals surface area contributed by atoms with Gasteiger partial charge in [-0.2, -0.15) is 5.26 Å². The van der Waals surface area contributed by atoms with Gasteiger partial charge in [0.15, 0.2) is 6.61 Å². The fourth-order valence-corrected chi connectivity index (χ4v) is 3.33. The SMILES string of the molecule is CC(C)C(=O)OCC(=O)Nc1sc2c(c1C#N)CCC2. The molecule has 1 N–H and O–H groups in total. The summed E-state index contributed by atoms with van der Waals surface area (Å²) < 4.78 is 4.86. The van der Waals surface area contributed by atoms with Crippen molar-refractivity contribution in [2.45, 2.75) is 33.1 Å². The lowest BCUT2D eigenvalue weighted by Crippen LogP contribution is -2.22. The van der Waals surface area contributed by atoms with Crippen molar-refractivity contribution in [3.05, 3.63) is 16.0 Å². The van der Waals surface area contributed by atoms with Crippen molar-refractivity contribution < 1.29 is 14.3 Å². The van der Waals surface area contributed by atoms with Gasteiger partial charge in [0.25, 0.3) is 5.91 Å². The maximum Gasteiger partial charge on any atom is 0.308 e. The average Bonchev–Trinajstić information content (AvgIpc) is 2.95. The van der Waals surface area contributed by atoms with Crippen molar-refractivity contribution in [2.75, 3.05) is 11.9 Å². The minimum Gasteiger partial charge on any atom is -0.455 e. The van der Waals surface area contributed by atoms with Crippen molar-refractivity contribution in [1.82, 2.24) is 0 Å². The van der Waals surface area contributed by atoms with Crippen LogP contribution >= 0.6 is 11.3 Å². The standard InChI is InChI=1S/C14H16N2O3S/c1-8(2)14(18)19-7-12(17)16-13-10(6-15)9-4-3-5-11(9)20-13/h8H,3-5,7H2,1-2H3,(H,16,17). The Kier molecular flexibility index (Phi) is 4.40. The van der Waals surface area contributed by atoms with Crippen LogP contribution in [0, 0.1) is 17.2 Å². The predicted molar refractivity (Wildman–Crippen MR) is 75.5 cm³/mol. The molecule has 1 aliphatic carbocycles. The highest BCUT2D eigenvalue weighted by Gasteiger charge is 2.23. The van der Waals surface area contributed by atoms with Crippen LogP contribution in [0.4, 0.5) is 5.00 Å². The Hall–Kier alpha value is -1.87. The van der Waals surface area contributed by atoms with Crippen LogP contribution < -0.4 is 5.32 Å². The van der Waals surface area contributed by atoms with Gasteiger partial charge in [0, 0.05) is 4.88 Å². The monoisotopic (exact) mass is 292 g/mol. The third-order valence-electron chi connectivity index (χ3n) is 3.10. The smallest absolute Gasteiger partial charge is 0.308 e. The number of anilines is 1. The third-order valence-corrected chi connectivity index (χ3v) is 4.31. The van der Waals surface area contributed by atoms with E-state index in [1.54, 1.807) is 13.8 Å². The van der Waals surface area contributed by atoms with Crippen molar-refractivity contribution in [3.63, 3.8) is 0 Å². The summed E-state index contributed by atoms with van der Waals surface area (Å²) in [5.41, 5.74) is 1.62. The van der Waals surface area contributed by atoms with Gasteiger partial charge >= 0.3 is 5.97 Å². The molecule has 1 heterocycles. The van der Waals surface area contributed by atoms with Crippen LogP contribution in [0.25, 0.3) is 0 Å². The predicted octanol–water partition coefficient (Wildman–Crippen LogP) is 2.25. The van der Waals surface area contributed by atoms with E-state index in [4.69, 9.17) is 4.74 Å². The topological polar surface area (TPSA) is 79.2 Å². The first-order valence-corrected chi connectivity index (χ1v) is 7.35. The molecule has 106 valence electrons. The van der Waals surface area contributed by atoms with Crippen molar-refractivity contribution in [2.24, 2.45) is 5.92 Å². The van der Waals surface area contributed by atoms with Crippen LogP contribution in [-0.2, 0) is 27.2 Å². The largest absolute Gasteiger partial charge is 0.455 e. The third kappa shape index (κ3) is 2.99. The maximum atomic E-state index is 11.7. The van der Waals surface area contributed by atoms with Gasteiger partial charge in [-0.15, -0.1) is 11.3 Å². The van der Waals surface area contributed by atoms with E-state index < -0.39 is 11.9 Å². The normalized spacial score (nSPS) is 12.9. The minimum atomic E-state index is -0.408. The Labute approximate surface area is 121 Å². The van der Waals surface area contributed by atoms with Crippen molar-refractivity contribution >= 4 is 28.2 Å². The molecule has 0 spiro atoms. The summed E-state index contributed by atoms with van der Waals surface area (Å²) in [4.78, 5) is 24.2. The second-order valence-corrected chi connectivity index (χ2v) is 6.09. The van der Waals surface area contributed by atoms with E-state index in [-0.39, 0.29) is 12.5 Å². The van der Waals surface area contributed by atoms with Gasteiger partial charge in [-0.1, -0.05) is 13.8 Å². The molecule has 5 nitrogen and oxygen atoms in total. The zero-order valence-corrected chi connectivity index (χ0v) is 12.3. The van der Waals surface area contributed by atoms with Crippen LogP contribution in [0.3, 0.4) is 0 Å². The molecular weight excluding hydrogens is 276 g/mol. The highest BCUT2D eigenvalue weighted by atomic mass is 32.1. The molecule has 0 bridgehead atoms. The maximum absolute atomic E-state index is 11.7. The second kappa shape index (κ2) is 6.06. The Bertz CT molecular complexity index is 584. The van der Waals surface area contributed by atoms with Gasteiger partial charge in [0.2, 0.25) is 0 Å². The molecule has 0 atom stereocenters. The van der Waals surface area contributed by atoms with Crippen LogP contribution in [0.1, 0.15) is 36.3 Å². The number of thiophene rings is 1. The van der Waals surface area contributed by atoms with E-state index in [0.717, 1.165) is 24.8 Å². The number of nitrogens with zero attached hydrogens (tertiary/aromatic N) is 1. The fraction of sp³-hybridized carbons (Fsp3) is 0.500. The molecule has 20 heavy (non-hydrogen) atoms. The number of rotatable bonds is 4. The quantitative estimate of drug-likeness (QED) is 0.863. The van der Waals surface area contributed by atoms with Gasteiger partial charge in [-0.3, -0.25) is 9.59 Å². The molecule has 0 aliphatic heterocycles. The van der Waals surface area contributed by atoms with Gasteiger partial charge in [0.1, 0.15) is 11.1 Å². The van der Waals surface area contributed by atoms with Gasteiger partial charge in [-0.05, 0) is 24.8 Å². The van der Waals surface area contributed by atoms with Crippen molar-refractivity contribution in [3.8, 4) is 6.07 Å². The van der Waals surface area contributed by atoms with E-state index in [9.17, 15) is 14.9 Å². The molecule has 1 aliphatic rings. The Morgan fingerprint density at radius 2 is 2.20 bits per heavy atom. The molecule has 6 heteroatoms.